The van der Waals surface area contributed by atoms with Crippen LogP contribution in [0.5, 0.6) is 0 Å². The van der Waals surface area contributed by atoms with Crippen LogP contribution in [0.25, 0.3) is 0 Å². The van der Waals surface area contributed by atoms with E-state index in [4.69, 9.17) is 4.43 Å². The summed E-state index contributed by atoms with van der Waals surface area (Å²) in [6.07, 6.45) is 0. The van der Waals surface area contributed by atoms with Gasteiger partial charge in [0.05, 0.1) is 0 Å². The molecule has 0 aliphatic rings. The second-order valence-electron chi connectivity index (χ2n) is 2.08. The topological polar surface area (TPSA) is 26.3 Å². The SMILES string of the molecule is C=C(C)C(=O)O[Si](C)C. The highest BCUT2D eigenvalue weighted by molar-refractivity contribution is 6.50. The Morgan fingerprint density at radius 1 is 1.56 bits per heavy atom. The summed E-state index contributed by atoms with van der Waals surface area (Å²) >= 11 is 0. The van der Waals surface area contributed by atoms with Gasteiger partial charge in [0.15, 0.2) is 0 Å². The summed E-state index contributed by atoms with van der Waals surface area (Å²) in [5.74, 6) is -0.270. The molecule has 1 radical (unpaired) electrons. The molecule has 0 atom stereocenters. The van der Waals surface area contributed by atoms with Gasteiger partial charge in [0, 0.05) is 5.57 Å². The molecular weight excluding hydrogens is 132 g/mol. The van der Waals surface area contributed by atoms with Crippen molar-refractivity contribution in [3.63, 3.8) is 0 Å². The third-order valence-electron chi connectivity index (χ3n) is 0.645. The summed E-state index contributed by atoms with van der Waals surface area (Å²) < 4.78 is 4.88. The van der Waals surface area contributed by atoms with Gasteiger partial charge in [-0.3, -0.25) is 0 Å². The maximum atomic E-state index is 10.7. The Morgan fingerprint density at radius 2 is 2.00 bits per heavy atom. The van der Waals surface area contributed by atoms with E-state index in [1.165, 1.54) is 0 Å². The lowest BCUT2D eigenvalue weighted by Crippen LogP contribution is -2.15. The molecule has 9 heavy (non-hydrogen) atoms. The Morgan fingerprint density at radius 3 is 2.11 bits per heavy atom. The molecule has 0 fully saturated rings. The molecule has 0 bridgehead atoms. The van der Waals surface area contributed by atoms with E-state index in [1.807, 2.05) is 13.1 Å². The molecule has 0 saturated heterocycles. The Hall–Kier alpha value is -0.573. The van der Waals surface area contributed by atoms with E-state index in [9.17, 15) is 4.79 Å². The van der Waals surface area contributed by atoms with Crippen LogP contribution in [0.2, 0.25) is 13.1 Å². The van der Waals surface area contributed by atoms with Crippen molar-refractivity contribution < 1.29 is 9.22 Å². The first-order valence-electron chi connectivity index (χ1n) is 2.72. The van der Waals surface area contributed by atoms with Gasteiger partial charge < -0.3 is 4.43 Å². The molecule has 0 aromatic rings. The normalized spacial score (nSPS) is 9.33. The van der Waals surface area contributed by atoms with Crippen molar-refractivity contribution in [3.8, 4) is 0 Å². The van der Waals surface area contributed by atoms with Crippen LogP contribution in [-0.4, -0.2) is 15.0 Å². The Balaban J connectivity index is 3.65. The van der Waals surface area contributed by atoms with Gasteiger partial charge in [0.25, 0.3) is 9.04 Å². The van der Waals surface area contributed by atoms with Crippen molar-refractivity contribution in [2.75, 3.05) is 0 Å². The monoisotopic (exact) mass is 143 g/mol. The predicted octanol–water partition coefficient (Wildman–Crippen LogP) is 1.36. The molecule has 0 N–H and O–H groups in total. The molecule has 0 aliphatic carbocycles. The van der Waals surface area contributed by atoms with Crippen LogP contribution in [-0.2, 0) is 9.22 Å². The number of carbonyl (C=O) groups excluding carboxylic acids is 1. The van der Waals surface area contributed by atoms with Crippen molar-refractivity contribution in [1.29, 1.82) is 0 Å². The lowest BCUT2D eigenvalue weighted by molar-refractivity contribution is -0.130. The fourth-order valence-electron chi connectivity index (χ4n) is 0.273. The average molecular weight is 143 g/mol. The van der Waals surface area contributed by atoms with E-state index < -0.39 is 9.04 Å². The first-order chi connectivity index (χ1) is 4.04. The second-order valence-corrected chi connectivity index (χ2v) is 4.10. The van der Waals surface area contributed by atoms with Gasteiger partial charge in [-0.15, -0.1) is 0 Å². The lowest BCUT2D eigenvalue weighted by atomic mass is 10.4. The van der Waals surface area contributed by atoms with Crippen molar-refractivity contribution in [3.05, 3.63) is 12.2 Å². The Kier molecular flexibility index (Phi) is 3.23. The smallest absolute Gasteiger partial charge is 0.319 e. The van der Waals surface area contributed by atoms with Crippen molar-refractivity contribution in [2.24, 2.45) is 0 Å². The molecule has 3 heteroatoms. The van der Waals surface area contributed by atoms with E-state index in [0.717, 1.165) is 0 Å². The molecule has 0 heterocycles. The quantitative estimate of drug-likeness (QED) is 0.431. The second kappa shape index (κ2) is 3.45. The van der Waals surface area contributed by atoms with Gasteiger partial charge in [-0.05, 0) is 20.0 Å². The number of hydrogen-bond acceptors (Lipinski definition) is 2. The number of carbonyl (C=O) groups is 1. The van der Waals surface area contributed by atoms with Gasteiger partial charge in [0.2, 0.25) is 0 Å². The fourth-order valence-corrected chi connectivity index (χ4v) is 0.818. The van der Waals surface area contributed by atoms with Crippen LogP contribution in [0, 0.1) is 0 Å². The fraction of sp³-hybridized carbons (Fsp3) is 0.500. The van der Waals surface area contributed by atoms with Crippen LogP contribution in [0.15, 0.2) is 12.2 Å². The van der Waals surface area contributed by atoms with Crippen LogP contribution in [0.1, 0.15) is 6.92 Å². The van der Waals surface area contributed by atoms with Crippen LogP contribution in [0.3, 0.4) is 0 Å². The lowest BCUT2D eigenvalue weighted by Gasteiger charge is -2.04. The summed E-state index contributed by atoms with van der Waals surface area (Å²) in [4.78, 5) is 10.7. The van der Waals surface area contributed by atoms with E-state index >= 15 is 0 Å². The van der Waals surface area contributed by atoms with E-state index in [1.54, 1.807) is 6.92 Å². The molecule has 0 aliphatic heterocycles. The van der Waals surface area contributed by atoms with Crippen molar-refractivity contribution in [1.82, 2.24) is 0 Å². The minimum absolute atomic E-state index is 0.270. The Bertz CT molecular complexity index is 129. The molecule has 0 aromatic carbocycles. The highest BCUT2D eigenvalue weighted by Crippen LogP contribution is 1.93. The zero-order valence-electron chi connectivity index (χ0n) is 6.02. The summed E-state index contributed by atoms with van der Waals surface area (Å²) in [7, 11) is -0.889. The van der Waals surface area contributed by atoms with Gasteiger partial charge in [-0.1, -0.05) is 6.58 Å². The van der Waals surface area contributed by atoms with Gasteiger partial charge in [0.1, 0.15) is 0 Å². The largest absolute Gasteiger partial charge is 0.515 e. The summed E-state index contributed by atoms with van der Waals surface area (Å²) in [6, 6.07) is 0. The molecule has 0 spiro atoms. The minimum atomic E-state index is -0.889. The number of rotatable bonds is 2. The molecule has 2 nitrogen and oxygen atoms in total. The maximum absolute atomic E-state index is 10.7. The van der Waals surface area contributed by atoms with Gasteiger partial charge in [-0.25, -0.2) is 4.79 Å². The molecule has 0 saturated carbocycles. The minimum Gasteiger partial charge on any atom is -0.515 e. The predicted molar refractivity (Wildman–Crippen MR) is 38.4 cm³/mol. The first-order valence-corrected chi connectivity index (χ1v) is 5.12. The third kappa shape index (κ3) is 3.97. The standard InChI is InChI=1S/C6H11O2Si/c1-5(2)6(7)8-9(3)4/h1H2,2-4H3. The molecule has 51 valence electrons. The van der Waals surface area contributed by atoms with Gasteiger partial charge >= 0.3 is 5.97 Å². The maximum Gasteiger partial charge on any atom is 0.319 e. The van der Waals surface area contributed by atoms with Gasteiger partial charge in [-0.2, -0.15) is 0 Å². The van der Waals surface area contributed by atoms with Crippen molar-refractivity contribution in [2.45, 2.75) is 20.0 Å². The number of hydrogen-bond donors (Lipinski definition) is 0. The summed E-state index contributed by atoms with van der Waals surface area (Å²) in [5, 5.41) is 0. The van der Waals surface area contributed by atoms with Crippen LogP contribution >= 0.6 is 0 Å². The van der Waals surface area contributed by atoms with Crippen molar-refractivity contribution >= 4 is 15.0 Å². The molecule has 0 unspecified atom stereocenters. The molecular formula is C6H11O2Si. The average Bonchev–Trinajstić information content (AvgIpc) is 1.63. The zero-order valence-corrected chi connectivity index (χ0v) is 7.02. The van der Waals surface area contributed by atoms with E-state index in [2.05, 4.69) is 6.58 Å². The third-order valence-corrected chi connectivity index (χ3v) is 1.24. The zero-order chi connectivity index (χ0) is 7.44. The summed E-state index contributed by atoms with van der Waals surface area (Å²) in [6.45, 7) is 8.91. The summed E-state index contributed by atoms with van der Waals surface area (Å²) in [5.41, 5.74) is 0.473. The van der Waals surface area contributed by atoms with Crippen LogP contribution < -0.4 is 0 Å². The molecule has 0 rings (SSSR count). The highest BCUT2D eigenvalue weighted by atomic mass is 28.3. The Labute approximate surface area is 57.3 Å². The molecule has 0 amide bonds. The van der Waals surface area contributed by atoms with E-state index in [-0.39, 0.29) is 5.97 Å². The highest BCUT2D eigenvalue weighted by Gasteiger charge is 2.05. The first kappa shape index (κ1) is 8.43. The molecule has 0 aromatic heterocycles. The van der Waals surface area contributed by atoms with E-state index in [0.29, 0.717) is 5.57 Å². The van der Waals surface area contributed by atoms with Crippen LogP contribution in [0.4, 0.5) is 0 Å².